The maximum absolute atomic E-state index is 12.8. The Hall–Kier alpha value is -2.40. The van der Waals surface area contributed by atoms with Crippen LogP contribution in [0, 0.1) is 0 Å². The van der Waals surface area contributed by atoms with E-state index in [1.54, 1.807) is 39.5 Å². The van der Waals surface area contributed by atoms with Crippen LogP contribution in [0.15, 0.2) is 47.4 Å². The fourth-order valence-corrected chi connectivity index (χ4v) is 5.92. The molecule has 5 heteroatoms. The van der Waals surface area contributed by atoms with Crippen LogP contribution < -0.4 is 14.2 Å². The van der Waals surface area contributed by atoms with E-state index in [4.69, 9.17) is 14.2 Å². The number of thioether (sulfide) groups is 1. The fraction of sp³-hybridized carbons (Fsp3) is 0.583. The van der Waals surface area contributed by atoms with E-state index in [9.17, 15) is 4.79 Å². The molecule has 0 radical (unpaired) electrons. The summed E-state index contributed by atoms with van der Waals surface area (Å²) in [6.07, 6.45) is 25.9. The van der Waals surface area contributed by atoms with Crippen molar-refractivity contribution < 1.29 is 19.0 Å². The molecular formula is C36H54O4S. The van der Waals surface area contributed by atoms with E-state index in [0.717, 1.165) is 11.3 Å². The topological polar surface area (TPSA) is 44.8 Å². The molecule has 0 saturated heterocycles. The molecule has 0 aliphatic heterocycles. The summed E-state index contributed by atoms with van der Waals surface area (Å²) in [6.45, 7) is 2.29. The van der Waals surface area contributed by atoms with Gasteiger partial charge in [-0.1, -0.05) is 121 Å². The van der Waals surface area contributed by atoms with Crippen molar-refractivity contribution in [3.63, 3.8) is 0 Å². The van der Waals surface area contributed by atoms with Crippen molar-refractivity contribution in [2.45, 2.75) is 115 Å². The highest BCUT2D eigenvalue weighted by Gasteiger charge is 2.15. The van der Waals surface area contributed by atoms with Crippen molar-refractivity contribution in [3.05, 3.63) is 53.6 Å². The molecule has 0 unspecified atom stereocenters. The smallest absolute Gasteiger partial charge is 0.203 e. The first-order valence-electron chi connectivity index (χ1n) is 15.9. The number of ether oxygens (including phenoxy) is 3. The normalized spacial score (nSPS) is 11.2. The Bertz CT molecular complexity index is 974. The van der Waals surface area contributed by atoms with E-state index in [1.807, 2.05) is 17.8 Å². The van der Waals surface area contributed by atoms with Gasteiger partial charge in [0.2, 0.25) is 5.75 Å². The number of hydrogen-bond donors (Lipinski definition) is 0. The highest BCUT2D eigenvalue weighted by atomic mass is 32.2. The zero-order chi connectivity index (χ0) is 29.5. The molecule has 0 fully saturated rings. The van der Waals surface area contributed by atoms with Gasteiger partial charge in [-0.3, -0.25) is 4.79 Å². The fourth-order valence-electron chi connectivity index (χ4n) is 5.01. The minimum Gasteiger partial charge on any atom is -0.493 e. The number of carbonyl (C=O) groups excluding carboxylic acids is 1. The van der Waals surface area contributed by atoms with Crippen LogP contribution in [0.3, 0.4) is 0 Å². The molecule has 0 N–H and O–H groups in total. The molecule has 0 aliphatic rings. The van der Waals surface area contributed by atoms with Crippen molar-refractivity contribution in [3.8, 4) is 17.2 Å². The molecule has 0 saturated carbocycles. The van der Waals surface area contributed by atoms with Gasteiger partial charge in [0.25, 0.3) is 0 Å². The predicted octanol–water partition coefficient (Wildman–Crippen LogP) is 11.0. The van der Waals surface area contributed by atoms with Gasteiger partial charge in [0.15, 0.2) is 17.3 Å². The second kappa shape index (κ2) is 22.2. The second-order valence-corrected chi connectivity index (χ2v) is 12.0. The van der Waals surface area contributed by atoms with Crippen LogP contribution in [0.1, 0.15) is 126 Å². The van der Waals surface area contributed by atoms with Crippen LogP contribution >= 0.6 is 11.8 Å². The number of hydrogen-bond acceptors (Lipinski definition) is 5. The lowest BCUT2D eigenvalue weighted by molar-refractivity contribution is 0.104. The Morgan fingerprint density at radius 3 is 1.56 bits per heavy atom. The molecule has 0 amide bonds. The maximum Gasteiger partial charge on any atom is 0.203 e. The number of benzene rings is 2. The Morgan fingerprint density at radius 1 is 0.659 bits per heavy atom. The van der Waals surface area contributed by atoms with E-state index < -0.39 is 0 Å². The third kappa shape index (κ3) is 14.4. The first-order valence-corrected chi connectivity index (χ1v) is 16.9. The highest BCUT2D eigenvalue weighted by molar-refractivity contribution is 7.99. The number of carbonyl (C=O) groups is 1. The summed E-state index contributed by atoms with van der Waals surface area (Å²) in [5.41, 5.74) is 1.49. The van der Waals surface area contributed by atoms with Crippen molar-refractivity contribution in [1.82, 2.24) is 0 Å². The SMILES string of the molecule is CCCCCCCCCCCCCCCCCCSc1ccc(C=CC(=O)c2cc(OC)c(OC)c(OC)c2)cc1. The third-order valence-corrected chi connectivity index (χ3v) is 8.62. The van der Waals surface area contributed by atoms with E-state index in [-0.39, 0.29) is 5.78 Å². The molecule has 0 aliphatic carbocycles. The molecule has 4 nitrogen and oxygen atoms in total. The molecular weight excluding hydrogens is 528 g/mol. The average molecular weight is 583 g/mol. The van der Waals surface area contributed by atoms with Crippen LogP contribution in [-0.4, -0.2) is 32.9 Å². The minimum atomic E-state index is -0.119. The number of rotatable bonds is 24. The first kappa shape index (κ1) is 34.8. The number of allylic oxidation sites excluding steroid dienone is 1. The summed E-state index contributed by atoms with van der Waals surface area (Å²) in [5.74, 6) is 2.45. The van der Waals surface area contributed by atoms with Crippen LogP contribution in [0.2, 0.25) is 0 Å². The maximum atomic E-state index is 12.8. The summed E-state index contributed by atoms with van der Waals surface area (Å²) in [4.78, 5) is 14.0. The number of unbranched alkanes of at least 4 members (excludes halogenated alkanes) is 15. The van der Waals surface area contributed by atoms with Crippen LogP contribution in [0.25, 0.3) is 6.08 Å². The lowest BCUT2D eigenvalue weighted by Crippen LogP contribution is -2.00. The molecule has 0 aromatic heterocycles. The lowest BCUT2D eigenvalue weighted by Gasteiger charge is -2.13. The summed E-state index contributed by atoms with van der Waals surface area (Å²) in [6, 6.07) is 11.8. The third-order valence-electron chi connectivity index (χ3n) is 7.52. The largest absolute Gasteiger partial charge is 0.493 e. The van der Waals surface area contributed by atoms with E-state index in [1.165, 1.54) is 108 Å². The van der Waals surface area contributed by atoms with Gasteiger partial charge in [-0.2, -0.15) is 0 Å². The zero-order valence-corrected chi connectivity index (χ0v) is 27.0. The molecule has 0 atom stereocenters. The summed E-state index contributed by atoms with van der Waals surface area (Å²) in [7, 11) is 4.63. The van der Waals surface area contributed by atoms with Crippen LogP contribution in [-0.2, 0) is 0 Å². The molecule has 0 spiro atoms. The Balaban J connectivity index is 1.55. The lowest BCUT2D eigenvalue weighted by atomic mass is 10.0. The van der Waals surface area contributed by atoms with Crippen LogP contribution in [0.4, 0.5) is 0 Å². The quantitative estimate of drug-likeness (QED) is 0.0533. The molecule has 228 valence electrons. The van der Waals surface area contributed by atoms with Crippen LogP contribution in [0.5, 0.6) is 17.2 Å². The van der Waals surface area contributed by atoms with Gasteiger partial charge in [-0.25, -0.2) is 0 Å². The Labute approximate surface area is 254 Å². The highest BCUT2D eigenvalue weighted by Crippen LogP contribution is 2.38. The van der Waals surface area contributed by atoms with Crippen molar-refractivity contribution in [2.24, 2.45) is 0 Å². The van der Waals surface area contributed by atoms with Crippen molar-refractivity contribution in [2.75, 3.05) is 27.1 Å². The minimum absolute atomic E-state index is 0.119. The number of ketones is 1. The van der Waals surface area contributed by atoms with E-state index in [0.29, 0.717) is 22.8 Å². The van der Waals surface area contributed by atoms with E-state index >= 15 is 0 Å². The van der Waals surface area contributed by atoms with Crippen molar-refractivity contribution in [1.29, 1.82) is 0 Å². The molecule has 2 rings (SSSR count). The summed E-state index contributed by atoms with van der Waals surface area (Å²) in [5, 5.41) is 0. The molecule has 41 heavy (non-hydrogen) atoms. The van der Waals surface area contributed by atoms with Crippen molar-refractivity contribution >= 4 is 23.6 Å². The standard InChI is InChI=1S/C36H54O4S/c1-5-6-7-8-9-10-11-12-13-14-15-16-17-18-19-20-27-41-32-24-21-30(22-25-32)23-26-33(37)31-28-34(38-2)36(40-4)35(29-31)39-3/h21-26,28-29H,5-20,27H2,1-4H3. The van der Waals surface area contributed by atoms with Gasteiger partial charge >= 0.3 is 0 Å². The summed E-state index contributed by atoms with van der Waals surface area (Å²) >= 11 is 1.92. The Morgan fingerprint density at radius 2 is 1.12 bits per heavy atom. The average Bonchev–Trinajstić information content (AvgIpc) is 3.01. The van der Waals surface area contributed by atoms with Gasteiger partial charge in [0.05, 0.1) is 21.3 Å². The Kier molecular flexibility index (Phi) is 18.9. The summed E-state index contributed by atoms with van der Waals surface area (Å²) < 4.78 is 16.1. The predicted molar refractivity (Wildman–Crippen MR) is 176 cm³/mol. The second-order valence-electron chi connectivity index (χ2n) is 10.8. The van der Waals surface area contributed by atoms with Gasteiger partial charge in [-0.15, -0.1) is 11.8 Å². The molecule has 0 heterocycles. The van der Waals surface area contributed by atoms with Gasteiger partial charge < -0.3 is 14.2 Å². The molecule has 2 aromatic carbocycles. The van der Waals surface area contributed by atoms with E-state index in [2.05, 4.69) is 31.2 Å². The van der Waals surface area contributed by atoms with Gasteiger partial charge in [0, 0.05) is 10.5 Å². The molecule has 2 aromatic rings. The van der Waals surface area contributed by atoms with Gasteiger partial charge in [0.1, 0.15) is 0 Å². The zero-order valence-electron chi connectivity index (χ0n) is 26.2. The number of methoxy groups -OCH3 is 3. The molecule has 0 bridgehead atoms. The van der Waals surface area contributed by atoms with Gasteiger partial charge in [-0.05, 0) is 48.1 Å². The monoisotopic (exact) mass is 582 g/mol. The first-order chi connectivity index (χ1) is 20.1.